The molecule has 2 aromatic rings. The molecule has 92 valence electrons. The van der Waals surface area contributed by atoms with E-state index in [9.17, 15) is 9.90 Å². The molecule has 0 heterocycles. The zero-order valence-corrected chi connectivity index (χ0v) is 9.97. The van der Waals surface area contributed by atoms with Gasteiger partial charge in [-0.05, 0) is 35.7 Å². The normalized spacial score (nSPS) is 10.1. The molecule has 4 N–H and O–H groups in total. The van der Waals surface area contributed by atoms with Crippen LogP contribution in [0, 0.1) is 6.92 Å². The summed E-state index contributed by atoms with van der Waals surface area (Å²) in [5.74, 6) is 4.47. The number of hydrogen-bond donors (Lipinski definition) is 3. The molecule has 0 aliphatic carbocycles. The molecule has 2 rings (SSSR count). The Morgan fingerprint density at radius 1 is 1.17 bits per heavy atom. The fourth-order valence-electron chi connectivity index (χ4n) is 1.88. The third-order valence-electron chi connectivity index (χ3n) is 2.90. The lowest BCUT2D eigenvalue weighted by molar-refractivity contribution is 0.0696. The first-order valence-electron chi connectivity index (χ1n) is 5.53. The molecule has 0 bridgehead atoms. The Kier molecular flexibility index (Phi) is 3.30. The third-order valence-corrected chi connectivity index (χ3v) is 2.90. The average molecular weight is 242 g/mol. The van der Waals surface area contributed by atoms with Crippen molar-refractivity contribution in [3.05, 3.63) is 53.6 Å². The van der Waals surface area contributed by atoms with Crippen molar-refractivity contribution < 1.29 is 9.90 Å². The van der Waals surface area contributed by atoms with Crippen molar-refractivity contribution in [2.45, 2.75) is 6.92 Å². The second-order valence-corrected chi connectivity index (χ2v) is 4.01. The van der Waals surface area contributed by atoms with Crippen LogP contribution in [-0.4, -0.2) is 11.1 Å². The zero-order valence-electron chi connectivity index (χ0n) is 9.97. The zero-order chi connectivity index (χ0) is 13.1. The number of carbonyl (C=O) groups is 1. The van der Waals surface area contributed by atoms with Gasteiger partial charge in [0.05, 0.1) is 11.3 Å². The second-order valence-electron chi connectivity index (χ2n) is 4.01. The summed E-state index contributed by atoms with van der Waals surface area (Å²) in [6.45, 7) is 1.73. The fraction of sp³-hybridized carbons (Fsp3) is 0.0714. The molecule has 0 aromatic heterocycles. The summed E-state index contributed by atoms with van der Waals surface area (Å²) in [5, 5.41) is 9.19. The van der Waals surface area contributed by atoms with Gasteiger partial charge in [0.25, 0.3) is 0 Å². The molecule has 0 unspecified atom stereocenters. The molecule has 0 radical (unpaired) electrons. The van der Waals surface area contributed by atoms with Gasteiger partial charge in [0.15, 0.2) is 0 Å². The molecule has 0 aliphatic heterocycles. The number of nitrogens with one attached hydrogen (secondary N) is 1. The van der Waals surface area contributed by atoms with Gasteiger partial charge in [-0.3, -0.25) is 5.84 Å². The maximum atomic E-state index is 11.2. The van der Waals surface area contributed by atoms with Gasteiger partial charge in [-0.2, -0.15) is 0 Å². The number of hydrazine groups is 1. The van der Waals surface area contributed by atoms with Crippen molar-refractivity contribution >= 4 is 11.7 Å². The van der Waals surface area contributed by atoms with Crippen LogP contribution in [0.25, 0.3) is 11.1 Å². The minimum atomic E-state index is -0.957. The Morgan fingerprint density at radius 2 is 1.83 bits per heavy atom. The largest absolute Gasteiger partial charge is 0.478 e. The number of rotatable bonds is 3. The van der Waals surface area contributed by atoms with E-state index >= 15 is 0 Å². The summed E-state index contributed by atoms with van der Waals surface area (Å²) in [7, 11) is 0. The van der Waals surface area contributed by atoms with E-state index in [-0.39, 0.29) is 5.56 Å². The molecule has 0 aliphatic rings. The molecule has 4 nitrogen and oxygen atoms in total. The lowest BCUT2D eigenvalue weighted by atomic mass is 9.98. The Labute approximate surface area is 105 Å². The predicted molar refractivity (Wildman–Crippen MR) is 71.4 cm³/mol. The van der Waals surface area contributed by atoms with Crippen LogP contribution >= 0.6 is 0 Å². The van der Waals surface area contributed by atoms with E-state index in [4.69, 9.17) is 5.84 Å². The Bertz CT molecular complexity index is 580. The van der Waals surface area contributed by atoms with E-state index in [2.05, 4.69) is 5.43 Å². The maximum absolute atomic E-state index is 11.2. The highest BCUT2D eigenvalue weighted by Crippen LogP contribution is 2.28. The highest BCUT2D eigenvalue weighted by molar-refractivity contribution is 5.93. The Hall–Kier alpha value is -2.33. The highest BCUT2D eigenvalue weighted by Gasteiger charge is 2.13. The summed E-state index contributed by atoms with van der Waals surface area (Å²) >= 11 is 0. The van der Waals surface area contributed by atoms with Gasteiger partial charge in [0, 0.05) is 0 Å². The standard InChI is InChI=1S/C14H14N2O2/c1-9-12(14(17)18)7-11(8-13(9)16-15)10-5-3-2-4-6-10/h2-8,16H,15H2,1H3,(H,17,18). The predicted octanol–water partition coefficient (Wildman–Crippen LogP) is 2.65. The monoisotopic (exact) mass is 242 g/mol. The summed E-state index contributed by atoms with van der Waals surface area (Å²) < 4.78 is 0. The smallest absolute Gasteiger partial charge is 0.336 e. The molecule has 0 atom stereocenters. The van der Waals surface area contributed by atoms with Gasteiger partial charge in [-0.25, -0.2) is 4.79 Å². The molecule has 4 heteroatoms. The van der Waals surface area contributed by atoms with E-state index in [1.54, 1.807) is 13.0 Å². The highest BCUT2D eigenvalue weighted by atomic mass is 16.4. The van der Waals surface area contributed by atoms with Crippen molar-refractivity contribution in [3.63, 3.8) is 0 Å². The van der Waals surface area contributed by atoms with Crippen molar-refractivity contribution in [2.75, 3.05) is 5.43 Å². The lowest BCUT2D eigenvalue weighted by Crippen LogP contribution is -2.11. The molecule has 0 fully saturated rings. The van der Waals surface area contributed by atoms with Crippen molar-refractivity contribution in [1.29, 1.82) is 0 Å². The van der Waals surface area contributed by atoms with Gasteiger partial charge < -0.3 is 10.5 Å². The van der Waals surface area contributed by atoms with Crippen LogP contribution in [0.2, 0.25) is 0 Å². The quantitative estimate of drug-likeness (QED) is 0.571. The first kappa shape index (κ1) is 12.1. The van der Waals surface area contributed by atoms with E-state index in [1.165, 1.54) is 0 Å². The molecule has 0 saturated carbocycles. The van der Waals surface area contributed by atoms with Gasteiger partial charge in [0.2, 0.25) is 0 Å². The summed E-state index contributed by atoms with van der Waals surface area (Å²) in [4.78, 5) is 11.2. The van der Waals surface area contributed by atoms with Crippen LogP contribution in [0.1, 0.15) is 15.9 Å². The number of carboxylic acids is 1. The molecule has 18 heavy (non-hydrogen) atoms. The number of carboxylic acid groups (broad SMARTS) is 1. The molecule has 0 amide bonds. The van der Waals surface area contributed by atoms with Crippen LogP contribution in [0.4, 0.5) is 5.69 Å². The van der Waals surface area contributed by atoms with E-state index in [0.29, 0.717) is 11.3 Å². The summed E-state index contributed by atoms with van der Waals surface area (Å²) in [6, 6.07) is 13.1. The van der Waals surface area contributed by atoms with Crippen LogP contribution in [0.3, 0.4) is 0 Å². The van der Waals surface area contributed by atoms with Crippen LogP contribution < -0.4 is 11.3 Å². The summed E-state index contributed by atoms with van der Waals surface area (Å²) in [5.41, 5.74) is 5.82. The van der Waals surface area contributed by atoms with E-state index in [1.807, 2.05) is 36.4 Å². The molecular weight excluding hydrogens is 228 g/mol. The lowest BCUT2D eigenvalue weighted by Gasteiger charge is -2.11. The average Bonchev–Trinajstić information content (AvgIpc) is 2.39. The number of aromatic carboxylic acids is 1. The number of hydrogen-bond acceptors (Lipinski definition) is 3. The first-order chi connectivity index (χ1) is 8.63. The summed E-state index contributed by atoms with van der Waals surface area (Å²) in [6.07, 6.45) is 0. The van der Waals surface area contributed by atoms with Crippen molar-refractivity contribution in [1.82, 2.24) is 0 Å². The Morgan fingerprint density at radius 3 is 2.39 bits per heavy atom. The van der Waals surface area contributed by atoms with E-state index < -0.39 is 5.97 Å². The number of nitrogens with two attached hydrogens (primary N) is 1. The third kappa shape index (κ3) is 2.19. The molecular formula is C14H14N2O2. The van der Waals surface area contributed by atoms with Crippen molar-refractivity contribution in [3.8, 4) is 11.1 Å². The Balaban J connectivity index is 2.63. The number of benzene rings is 2. The van der Waals surface area contributed by atoms with Crippen molar-refractivity contribution in [2.24, 2.45) is 5.84 Å². The molecule has 2 aromatic carbocycles. The number of anilines is 1. The van der Waals surface area contributed by atoms with Gasteiger partial charge in [-0.15, -0.1) is 0 Å². The maximum Gasteiger partial charge on any atom is 0.336 e. The topological polar surface area (TPSA) is 75.3 Å². The SMILES string of the molecule is Cc1c(NN)cc(-c2ccccc2)cc1C(=O)O. The van der Waals surface area contributed by atoms with Gasteiger partial charge in [-0.1, -0.05) is 30.3 Å². The fourth-order valence-corrected chi connectivity index (χ4v) is 1.88. The molecule has 0 saturated heterocycles. The molecule has 0 spiro atoms. The minimum absolute atomic E-state index is 0.254. The second kappa shape index (κ2) is 4.89. The van der Waals surface area contributed by atoms with Crippen LogP contribution in [-0.2, 0) is 0 Å². The van der Waals surface area contributed by atoms with Crippen LogP contribution in [0.15, 0.2) is 42.5 Å². The number of nitrogen functional groups attached to an aromatic ring is 1. The van der Waals surface area contributed by atoms with Crippen LogP contribution in [0.5, 0.6) is 0 Å². The van der Waals surface area contributed by atoms with E-state index in [0.717, 1.165) is 11.1 Å². The van der Waals surface area contributed by atoms with Gasteiger partial charge >= 0.3 is 5.97 Å². The first-order valence-corrected chi connectivity index (χ1v) is 5.53. The minimum Gasteiger partial charge on any atom is -0.478 e. The van der Waals surface area contributed by atoms with Gasteiger partial charge in [0.1, 0.15) is 0 Å².